The first-order valence-electron chi connectivity index (χ1n) is 5.95. The van der Waals surface area contributed by atoms with E-state index in [1.807, 2.05) is 13.0 Å². The molecule has 0 aliphatic heterocycles. The maximum Gasteiger partial charge on any atom is 0.271 e. The second-order valence-electron chi connectivity index (χ2n) is 4.27. The summed E-state index contributed by atoms with van der Waals surface area (Å²) in [7, 11) is 0. The highest BCUT2D eigenvalue weighted by atomic mass is 35.5. The van der Waals surface area contributed by atoms with Crippen LogP contribution in [0.15, 0.2) is 47.6 Å². The van der Waals surface area contributed by atoms with Gasteiger partial charge in [-0.05, 0) is 48.9 Å². The van der Waals surface area contributed by atoms with E-state index >= 15 is 0 Å². The molecule has 2 aromatic rings. The Morgan fingerprint density at radius 3 is 2.60 bits per heavy atom. The van der Waals surface area contributed by atoms with Gasteiger partial charge in [-0.2, -0.15) is 5.10 Å². The summed E-state index contributed by atoms with van der Waals surface area (Å²) in [6.07, 6.45) is 1.39. The molecular weight excluding hydrogens is 276 g/mol. The number of nitrogens with one attached hydrogen (secondary N) is 1. The van der Waals surface area contributed by atoms with Crippen LogP contribution in [0, 0.1) is 6.92 Å². The Hall–Kier alpha value is -2.33. The monoisotopic (exact) mass is 288 g/mol. The maximum absolute atomic E-state index is 11.8. The summed E-state index contributed by atoms with van der Waals surface area (Å²) in [4.78, 5) is 11.8. The van der Waals surface area contributed by atoms with Gasteiger partial charge in [-0.25, -0.2) is 5.43 Å². The van der Waals surface area contributed by atoms with Crippen LogP contribution in [0.5, 0.6) is 5.75 Å². The standard InChI is InChI=1S/C15H13ClN2O2/c1-10-2-3-12(14(19)8-10)9-17-18-15(20)11-4-6-13(16)7-5-11/h2-9,19H,1H3,(H,18,20). The van der Waals surface area contributed by atoms with Crippen LogP contribution in [0.2, 0.25) is 5.02 Å². The molecule has 0 saturated carbocycles. The van der Waals surface area contributed by atoms with Crippen molar-refractivity contribution in [1.29, 1.82) is 0 Å². The molecule has 0 aliphatic rings. The lowest BCUT2D eigenvalue weighted by Crippen LogP contribution is -2.17. The number of aryl methyl sites for hydroxylation is 1. The Morgan fingerprint density at radius 2 is 1.95 bits per heavy atom. The van der Waals surface area contributed by atoms with Crippen molar-refractivity contribution >= 4 is 23.7 Å². The lowest BCUT2D eigenvalue weighted by atomic mass is 10.1. The molecule has 1 amide bonds. The van der Waals surface area contributed by atoms with Crippen LogP contribution in [-0.4, -0.2) is 17.2 Å². The summed E-state index contributed by atoms with van der Waals surface area (Å²) in [5.74, 6) is -0.223. The molecule has 0 heterocycles. The molecule has 0 saturated heterocycles. The molecule has 0 radical (unpaired) electrons. The van der Waals surface area contributed by atoms with Gasteiger partial charge in [0.2, 0.25) is 0 Å². The van der Waals surface area contributed by atoms with Crippen molar-refractivity contribution < 1.29 is 9.90 Å². The number of phenolic OH excluding ortho intramolecular Hbond substituents is 1. The van der Waals surface area contributed by atoms with E-state index in [0.717, 1.165) is 5.56 Å². The Bertz CT molecular complexity index is 651. The molecule has 5 heteroatoms. The average molecular weight is 289 g/mol. The Kier molecular flexibility index (Phi) is 4.38. The molecule has 2 rings (SSSR count). The Morgan fingerprint density at radius 1 is 1.25 bits per heavy atom. The van der Waals surface area contributed by atoms with Gasteiger partial charge in [0, 0.05) is 16.1 Å². The fourth-order valence-corrected chi connectivity index (χ4v) is 1.72. The highest BCUT2D eigenvalue weighted by Crippen LogP contribution is 2.16. The SMILES string of the molecule is Cc1ccc(C=NNC(=O)c2ccc(Cl)cc2)c(O)c1. The number of carbonyl (C=O) groups is 1. The van der Waals surface area contributed by atoms with Gasteiger partial charge in [0.15, 0.2) is 0 Å². The zero-order valence-corrected chi connectivity index (χ0v) is 11.6. The largest absolute Gasteiger partial charge is 0.507 e. The van der Waals surface area contributed by atoms with E-state index in [2.05, 4.69) is 10.5 Å². The predicted octanol–water partition coefficient (Wildman–Crippen LogP) is 3.12. The smallest absolute Gasteiger partial charge is 0.271 e. The van der Waals surface area contributed by atoms with Gasteiger partial charge >= 0.3 is 0 Å². The number of amides is 1. The average Bonchev–Trinajstić information content (AvgIpc) is 2.42. The molecule has 20 heavy (non-hydrogen) atoms. The molecule has 0 unspecified atom stereocenters. The first-order valence-corrected chi connectivity index (χ1v) is 6.32. The number of phenols is 1. The highest BCUT2D eigenvalue weighted by Gasteiger charge is 2.03. The molecule has 102 valence electrons. The first-order chi connectivity index (χ1) is 9.56. The van der Waals surface area contributed by atoms with Gasteiger partial charge in [0.05, 0.1) is 6.21 Å². The predicted molar refractivity (Wildman–Crippen MR) is 79.4 cm³/mol. The van der Waals surface area contributed by atoms with Crippen molar-refractivity contribution in [3.8, 4) is 5.75 Å². The number of rotatable bonds is 3. The summed E-state index contributed by atoms with van der Waals surface area (Å²) in [6, 6.07) is 11.7. The van der Waals surface area contributed by atoms with Crippen molar-refractivity contribution in [3.05, 3.63) is 64.2 Å². The third-order valence-electron chi connectivity index (χ3n) is 2.66. The molecule has 0 aliphatic carbocycles. The van der Waals surface area contributed by atoms with Crippen LogP contribution < -0.4 is 5.43 Å². The molecule has 2 N–H and O–H groups in total. The minimum atomic E-state index is -0.343. The summed E-state index contributed by atoms with van der Waals surface area (Å²) < 4.78 is 0. The van der Waals surface area contributed by atoms with Crippen LogP contribution in [-0.2, 0) is 0 Å². The van der Waals surface area contributed by atoms with E-state index in [-0.39, 0.29) is 11.7 Å². The molecular formula is C15H13ClN2O2. The van der Waals surface area contributed by atoms with Gasteiger partial charge in [-0.1, -0.05) is 17.7 Å². The van der Waals surface area contributed by atoms with Gasteiger partial charge in [0.25, 0.3) is 5.91 Å². The van der Waals surface area contributed by atoms with Crippen LogP contribution in [0.1, 0.15) is 21.5 Å². The second kappa shape index (κ2) is 6.21. The van der Waals surface area contributed by atoms with Gasteiger partial charge in [-0.3, -0.25) is 4.79 Å². The first kappa shape index (κ1) is 14.1. The minimum absolute atomic E-state index is 0.120. The zero-order chi connectivity index (χ0) is 14.5. The van der Waals surface area contributed by atoms with E-state index in [4.69, 9.17) is 11.6 Å². The van der Waals surface area contributed by atoms with Gasteiger partial charge < -0.3 is 5.11 Å². The van der Waals surface area contributed by atoms with Gasteiger partial charge in [-0.15, -0.1) is 0 Å². The lowest BCUT2D eigenvalue weighted by Gasteiger charge is -2.01. The van der Waals surface area contributed by atoms with E-state index in [9.17, 15) is 9.90 Å². The van der Waals surface area contributed by atoms with Crippen molar-refractivity contribution in [1.82, 2.24) is 5.43 Å². The Balaban J connectivity index is 2.02. The number of halogens is 1. The lowest BCUT2D eigenvalue weighted by molar-refractivity contribution is 0.0955. The molecule has 2 aromatic carbocycles. The fourth-order valence-electron chi connectivity index (χ4n) is 1.59. The highest BCUT2D eigenvalue weighted by molar-refractivity contribution is 6.30. The Labute approximate surface area is 121 Å². The number of benzene rings is 2. The number of aromatic hydroxyl groups is 1. The van der Waals surface area contributed by atoms with Crippen molar-refractivity contribution in [2.75, 3.05) is 0 Å². The van der Waals surface area contributed by atoms with E-state index in [1.165, 1.54) is 6.21 Å². The number of hydrazone groups is 1. The van der Waals surface area contributed by atoms with Crippen molar-refractivity contribution in [2.24, 2.45) is 5.10 Å². The number of hydrogen-bond donors (Lipinski definition) is 2. The quantitative estimate of drug-likeness (QED) is 0.673. The van der Waals surface area contributed by atoms with Crippen LogP contribution in [0.25, 0.3) is 0 Å². The van der Waals surface area contributed by atoms with Crippen LogP contribution in [0.4, 0.5) is 0 Å². The second-order valence-corrected chi connectivity index (χ2v) is 4.70. The number of nitrogens with zero attached hydrogens (tertiary/aromatic N) is 1. The topological polar surface area (TPSA) is 61.7 Å². The minimum Gasteiger partial charge on any atom is -0.507 e. The van der Waals surface area contributed by atoms with Crippen molar-refractivity contribution in [2.45, 2.75) is 6.92 Å². The summed E-state index contributed by atoms with van der Waals surface area (Å²) in [5.41, 5.74) is 4.33. The normalized spacial score (nSPS) is 10.7. The van der Waals surface area contributed by atoms with E-state index < -0.39 is 0 Å². The summed E-state index contributed by atoms with van der Waals surface area (Å²) >= 11 is 5.74. The van der Waals surface area contributed by atoms with Crippen molar-refractivity contribution in [3.63, 3.8) is 0 Å². The third-order valence-corrected chi connectivity index (χ3v) is 2.91. The molecule has 0 atom stereocenters. The molecule has 0 bridgehead atoms. The summed E-state index contributed by atoms with van der Waals surface area (Å²) in [5, 5.41) is 14.1. The van der Waals surface area contributed by atoms with Crippen LogP contribution >= 0.6 is 11.6 Å². The maximum atomic E-state index is 11.8. The molecule has 0 spiro atoms. The zero-order valence-electron chi connectivity index (χ0n) is 10.8. The van der Waals surface area contributed by atoms with E-state index in [1.54, 1.807) is 36.4 Å². The molecule has 0 fully saturated rings. The third kappa shape index (κ3) is 3.59. The molecule has 0 aromatic heterocycles. The van der Waals surface area contributed by atoms with E-state index in [0.29, 0.717) is 16.1 Å². The number of carbonyl (C=O) groups excluding carboxylic acids is 1. The van der Waals surface area contributed by atoms with Crippen LogP contribution in [0.3, 0.4) is 0 Å². The fraction of sp³-hybridized carbons (Fsp3) is 0.0667. The number of hydrogen-bond acceptors (Lipinski definition) is 3. The molecule has 4 nitrogen and oxygen atoms in total. The van der Waals surface area contributed by atoms with Gasteiger partial charge in [0.1, 0.15) is 5.75 Å². The summed E-state index contributed by atoms with van der Waals surface area (Å²) in [6.45, 7) is 1.88.